The van der Waals surface area contributed by atoms with Gasteiger partial charge in [-0.25, -0.2) is 4.98 Å². The molecule has 5 nitrogen and oxygen atoms in total. The van der Waals surface area contributed by atoms with E-state index in [1.54, 1.807) is 12.1 Å². The zero-order chi connectivity index (χ0) is 19.0. The Morgan fingerprint density at radius 2 is 1.93 bits per heavy atom. The molecule has 1 amide bonds. The molecule has 0 aliphatic rings. The van der Waals surface area contributed by atoms with Crippen molar-refractivity contribution >= 4 is 28.0 Å². The summed E-state index contributed by atoms with van der Waals surface area (Å²) in [6.45, 7) is 4.08. The number of fused-ring (bicyclic) bond motifs is 2. The monoisotopic (exact) mass is 359 g/mol. The van der Waals surface area contributed by atoms with Crippen molar-refractivity contribution in [1.29, 1.82) is 0 Å². The average molecular weight is 359 g/mol. The molecule has 0 saturated heterocycles. The number of benzene rings is 2. The van der Waals surface area contributed by atoms with Gasteiger partial charge in [0.15, 0.2) is 0 Å². The lowest BCUT2D eigenvalue weighted by atomic mass is 10.1. The van der Waals surface area contributed by atoms with Gasteiger partial charge in [0.1, 0.15) is 17.1 Å². The second kappa shape index (κ2) is 6.76. The van der Waals surface area contributed by atoms with Crippen LogP contribution in [0.25, 0.3) is 16.4 Å². The lowest BCUT2D eigenvalue weighted by Crippen LogP contribution is -2.16. The van der Waals surface area contributed by atoms with Gasteiger partial charge in [0.05, 0.1) is 5.69 Å². The maximum atomic E-state index is 13.2. The first-order chi connectivity index (χ1) is 13.1. The Kier molecular flexibility index (Phi) is 4.28. The smallest absolute Gasteiger partial charge is 0.274 e. The topological polar surface area (TPSA) is 66.6 Å². The number of anilines is 1. The van der Waals surface area contributed by atoms with E-state index in [1.165, 1.54) is 0 Å². The van der Waals surface area contributed by atoms with Crippen molar-refractivity contribution in [2.75, 3.05) is 5.32 Å². The minimum absolute atomic E-state index is 0.195. The molecule has 0 aliphatic carbocycles. The summed E-state index contributed by atoms with van der Waals surface area (Å²) in [7, 11) is 0. The molecular formula is C22H21N3O2. The quantitative estimate of drug-likeness (QED) is 0.555. The SMILES string of the molecule is CCCc1nc2cc(C)ccn2c1C(=O)Nc1cccc2c(O)cccc12. The highest BCUT2D eigenvalue weighted by Gasteiger charge is 2.19. The summed E-state index contributed by atoms with van der Waals surface area (Å²) in [5.74, 6) is -0.00815. The van der Waals surface area contributed by atoms with Crippen molar-refractivity contribution in [3.8, 4) is 5.75 Å². The van der Waals surface area contributed by atoms with Crippen molar-refractivity contribution in [3.05, 3.63) is 71.7 Å². The predicted octanol–water partition coefficient (Wildman–Crippen LogP) is 4.71. The van der Waals surface area contributed by atoms with Gasteiger partial charge in [-0.3, -0.25) is 9.20 Å². The number of nitrogens with zero attached hydrogens (tertiary/aromatic N) is 2. The van der Waals surface area contributed by atoms with Crippen molar-refractivity contribution in [2.45, 2.75) is 26.7 Å². The van der Waals surface area contributed by atoms with Gasteiger partial charge in [-0.05, 0) is 43.2 Å². The van der Waals surface area contributed by atoms with E-state index in [2.05, 4.69) is 17.2 Å². The number of carbonyl (C=O) groups excluding carboxylic acids is 1. The normalized spacial score (nSPS) is 11.2. The summed E-state index contributed by atoms with van der Waals surface area (Å²) in [6.07, 6.45) is 3.53. The molecule has 0 radical (unpaired) electrons. The largest absolute Gasteiger partial charge is 0.507 e. The van der Waals surface area contributed by atoms with Crippen LogP contribution >= 0.6 is 0 Å². The number of phenolic OH excluding ortho intramolecular Hbond substituents is 1. The zero-order valence-electron chi connectivity index (χ0n) is 15.4. The summed E-state index contributed by atoms with van der Waals surface area (Å²) < 4.78 is 1.84. The Bertz CT molecular complexity index is 1160. The van der Waals surface area contributed by atoms with E-state index in [-0.39, 0.29) is 11.7 Å². The molecule has 0 saturated carbocycles. The molecule has 5 heteroatoms. The highest BCUT2D eigenvalue weighted by molar-refractivity contribution is 6.10. The molecular weight excluding hydrogens is 338 g/mol. The first kappa shape index (κ1) is 17.1. The molecule has 2 aromatic heterocycles. The average Bonchev–Trinajstić information content (AvgIpc) is 3.00. The van der Waals surface area contributed by atoms with E-state index in [9.17, 15) is 9.90 Å². The number of aromatic hydroxyl groups is 1. The van der Waals surface area contributed by atoms with Crippen LogP contribution in [0.5, 0.6) is 5.75 Å². The number of phenols is 1. The van der Waals surface area contributed by atoms with Crippen LogP contribution in [0.4, 0.5) is 5.69 Å². The van der Waals surface area contributed by atoms with Gasteiger partial charge in [0.25, 0.3) is 5.91 Å². The van der Waals surface area contributed by atoms with Crippen molar-refractivity contribution < 1.29 is 9.90 Å². The molecule has 4 rings (SSSR count). The molecule has 2 aromatic carbocycles. The maximum absolute atomic E-state index is 13.2. The fourth-order valence-corrected chi connectivity index (χ4v) is 3.43. The molecule has 2 N–H and O–H groups in total. The van der Waals surface area contributed by atoms with Gasteiger partial charge in [-0.15, -0.1) is 0 Å². The summed E-state index contributed by atoms with van der Waals surface area (Å²) in [5, 5.41) is 14.6. The number of rotatable bonds is 4. The van der Waals surface area contributed by atoms with Crippen LogP contribution in [-0.2, 0) is 6.42 Å². The second-order valence-corrected chi connectivity index (χ2v) is 6.72. The van der Waals surface area contributed by atoms with E-state index in [1.807, 2.05) is 53.9 Å². The Morgan fingerprint density at radius 1 is 1.15 bits per heavy atom. The zero-order valence-corrected chi connectivity index (χ0v) is 15.4. The Labute approximate surface area is 157 Å². The highest BCUT2D eigenvalue weighted by atomic mass is 16.3. The molecule has 0 fully saturated rings. The maximum Gasteiger partial charge on any atom is 0.274 e. The van der Waals surface area contributed by atoms with E-state index in [0.717, 1.165) is 35.1 Å². The number of aryl methyl sites for hydroxylation is 2. The third kappa shape index (κ3) is 3.01. The molecule has 4 aromatic rings. The first-order valence-electron chi connectivity index (χ1n) is 9.08. The Hall–Kier alpha value is -3.34. The number of aromatic nitrogens is 2. The third-order valence-electron chi connectivity index (χ3n) is 4.70. The number of hydrogen-bond donors (Lipinski definition) is 2. The fourth-order valence-electron chi connectivity index (χ4n) is 3.43. The standard InChI is InChI=1S/C22H21N3O2/c1-3-6-18-21(25-12-11-14(2)13-20(25)23-18)22(27)24-17-9-4-8-16-15(17)7-5-10-19(16)26/h4-5,7-13,26H,3,6H2,1-2H3,(H,24,27). The predicted molar refractivity (Wildman–Crippen MR) is 107 cm³/mol. The highest BCUT2D eigenvalue weighted by Crippen LogP contribution is 2.30. The van der Waals surface area contributed by atoms with E-state index < -0.39 is 0 Å². The molecule has 27 heavy (non-hydrogen) atoms. The van der Waals surface area contributed by atoms with Crippen LogP contribution < -0.4 is 5.32 Å². The van der Waals surface area contributed by atoms with Gasteiger partial charge >= 0.3 is 0 Å². The van der Waals surface area contributed by atoms with Crippen LogP contribution in [0.15, 0.2) is 54.7 Å². The summed E-state index contributed by atoms with van der Waals surface area (Å²) >= 11 is 0. The molecule has 0 spiro atoms. The van der Waals surface area contributed by atoms with Crippen molar-refractivity contribution in [3.63, 3.8) is 0 Å². The van der Waals surface area contributed by atoms with Crippen LogP contribution in [-0.4, -0.2) is 20.4 Å². The van der Waals surface area contributed by atoms with Crippen LogP contribution in [0.2, 0.25) is 0 Å². The van der Waals surface area contributed by atoms with Crippen LogP contribution in [0.3, 0.4) is 0 Å². The lowest BCUT2D eigenvalue weighted by molar-refractivity contribution is 0.102. The van der Waals surface area contributed by atoms with E-state index in [4.69, 9.17) is 0 Å². The number of imidazole rings is 1. The summed E-state index contributed by atoms with van der Waals surface area (Å²) in [4.78, 5) is 17.8. The van der Waals surface area contributed by atoms with Crippen LogP contribution in [0.1, 0.15) is 35.1 Å². The number of amides is 1. The molecule has 0 atom stereocenters. The Balaban J connectivity index is 1.80. The number of carbonyl (C=O) groups is 1. The summed E-state index contributed by atoms with van der Waals surface area (Å²) in [5.41, 5.74) is 3.90. The Morgan fingerprint density at radius 3 is 2.74 bits per heavy atom. The van der Waals surface area contributed by atoms with Gasteiger partial charge in [-0.1, -0.05) is 37.6 Å². The lowest BCUT2D eigenvalue weighted by Gasteiger charge is -2.10. The van der Waals surface area contributed by atoms with Crippen LogP contribution in [0, 0.1) is 6.92 Å². The van der Waals surface area contributed by atoms with E-state index >= 15 is 0 Å². The van der Waals surface area contributed by atoms with Gasteiger partial charge < -0.3 is 10.4 Å². The minimum atomic E-state index is -0.203. The van der Waals surface area contributed by atoms with Crippen molar-refractivity contribution in [1.82, 2.24) is 9.38 Å². The minimum Gasteiger partial charge on any atom is -0.507 e. The van der Waals surface area contributed by atoms with Crippen molar-refractivity contribution in [2.24, 2.45) is 0 Å². The molecule has 0 aliphatic heterocycles. The van der Waals surface area contributed by atoms with E-state index in [0.29, 0.717) is 16.8 Å². The van der Waals surface area contributed by atoms with Gasteiger partial charge in [-0.2, -0.15) is 0 Å². The van der Waals surface area contributed by atoms with Gasteiger partial charge in [0.2, 0.25) is 0 Å². The van der Waals surface area contributed by atoms with Gasteiger partial charge in [0, 0.05) is 22.7 Å². The molecule has 136 valence electrons. The molecule has 0 unspecified atom stereocenters. The molecule has 0 bridgehead atoms. The second-order valence-electron chi connectivity index (χ2n) is 6.72. The number of pyridine rings is 1. The number of nitrogens with one attached hydrogen (secondary N) is 1. The third-order valence-corrected chi connectivity index (χ3v) is 4.70. The number of hydrogen-bond acceptors (Lipinski definition) is 3. The first-order valence-corrected chi connectivity index (χ1v) is 9.08. The molecule has 2 heterocycles. The summed E-state index contributed by atoms with van der Waals surface area (Å²) in [6, 6.07) is 14.7. The fraction of sp³-hybridized carbons (Fsp3) is 0.182.